The quantitative estimate of drug-likeness (QED) is 0.400. The van der Waals surface area contributed by atoms with Gasteiger partial charge in [0.1, 0.15) is 0 Å². The fourth-order valence-corrected chi connectivity index (χ4v) is 3.58. The fourth-order valence-electron chi connectivity index (χ4n) is 2.89. The Balaban J connectivity index is 0.00000243. The summed E-state index contributed by atoms with van der Waals surface area (Å²) in [7, 11) is 4.15. The van der Waals surface area contributed by atoms with E-state index in [1.807, 2.05) is 11.6 Å². The van der Waals surface area contributed by atoms with Gasteiger partial charge in [-0.2, -0.15) is 0 Å². The van der Waals surface area contributed by atoms with Crippen molar-refractivity contribution in [2.75, 3.05) is 45.2 Å². The molecule has 0 atom stereocenters. The van der Waals surface area contributed by atoms with Gasteiger partial charge in [-0.1, -0.05) is 24.3 Å². The standard InChI is InChI=1S/C18H26N6S.HI/c1-22(2)14-16-5-3-15(4-6-16)13-21-17(19)23-8-10-24(11-9-23)18-20-7-12-25-18;/h3-7,12H,8-11,13-14H2,1-2H3,(H2,19,21);1H. The first-order valence-corrected chi connectivity index (χ1v) is 9.41. The minimum absolute atomic E-state index is 0. The first-order valence-electron chi connectivity index (χ1n) is 8.53. The zero-order valence-corrected chi connectivity index (χ0v) is 18.5. The van der Waals surface area contributed by atoms with Crippen molar-refractivity contribution in [3.63, 3.8) is 0 Å². The number of nitrogens with zero attached hydrogens (tertiary/aromatic N) is 5. The summed E-state index contributed by atoms with van der Waals surface area (Å²) in [4.78, 5) is 15.6. The molecule has 0 bridgehead atoms. The van der Waals surface area contributed by atoms with E-state index in [0.717, 1.165) is 37.9 Å². The summed E-state index contributed by atoms with van der Waals surface area (Å²) in [6, 6.07) is 8.59. The number of rotatable bonds is 5. The average molecular weight is 486 g/mol. The Kier molecular flexibility index (Phi) is 8.11. The van der Waals surface area contributed by atoms with Gasteiger partial charge in [0.2, 0.25) is 0 Å². The van der Waals surface area contributed by atoms with Crippen molar-refractivity contribution in [2.24, 2.45) is 10.7 Å². The Labute approximate surface area is 176 Å². The predicted molar refractivity (Wildman–Crippen MR) is 120 cm³/mol. The van der Waals surface area contributed by atoms with Crippen LogP contribution in [0.3, 0.4) is 0 Å². The second kappa shape index (κ2) is 10.1. The van der Waals surface area contributed by atoms with Crippen molar-refractivity contribution in [2.45, 2.75) is 13.1 Å². The number of benzene rings is 1. The number of aromatic nitrogens is 1. The smallest absolute Gasteiger partial charge is 0.191 e. The normalized spacial score (nSPS) is 15.3. The van der Waals surface area contributed by atoms with Crippen molar-refractivity contribution < 1.29 is 0 Å². The van der Waals surface area contributed by atoms with Crippen LogP contribution in [-0.2, 0) is 13.1 Å². The summed E-state index contributed by atoms with van der Waals surface area (Å²) in [5, 5.41) is 3.11. The lowest BCUT2D eigenvalue weighted by Gasteiger charge is -2.35. The molecule has 2 N–H and O–H groups in total. The molecule has 2 aromatic rings. The Bertz CT molecular complexity index is 678. The van der Waals surface area contributed by atoms with Gasteiger partial charge >= 0.3 is 0 Å². The lowest BCUT2D eigenvalue weighted by Crippen LogP contribution is -2.51. The van der Waals surface area contributed by atoms with Crippen LogP contribution in [0.4, 0.5) is 5.13 Å². The molecule has 1 aliphatic rings. The van der Waals surface area contributed by atoms with Crippen molar-refractivity contribution in [1.29, 1.82) is 0 Å². The molecule has 1 aliphatic heterocycles. The SMILES string of the molecule is CN(C)Cc1ccc(CN=C(N)N2CCN(c3nccs3)CC2)cc1.I. The molecular weight excluding hydrogens is 459 g/mol. The summed E-state index contributed by atoms with van der Waals surface area (Å²) in [5.41, 5.74) is 8.69. The van der Waals surface area contributed by atoms with Crippen LogP contribution in [0.1, 0.15) is 11.1 Å². The molecule has 1 aromatic carbocycles. The molecule has 0 saturated carbocycles. The third-order valence-electron chi connectivity index (χ3n) is 4.24. The Hall–Kier alpha value is -1.39. The van der Waals surface area contributed by atoms with Gasteiger partial charge in [-0.05, 0) is 25.2 Å². The largest absolute Gasteiger partial charge is 0.370 e. The van der Waals surface area contributed by atoms with Gasteiger partial charge < -0.3 is 20.4 Å². The van der Waals surface area contributed by atoms with Crippen LogP contribution in [0.5, 0.6) is 0 Å². The third-order valence-corrected chi connectivity index (χ3v) is 5.07. The molecule has 0 aliphatic carbocycles. The molecule has 1 fully saturated rings. The molecular formula is C18H27IN6S. The van der Waals surface area contributed by atoms with E-state index < -0.39 is 0 Å². The summed E-state index contributed by atoms with van der Waals surface area (Å²) in [5.74, 6) is 0.635. The third kappa shape index (κ3) is 5.82. The van der Waals surface area contributed by atoms with Crippen molar-refractivity contribution in [3.8, 4) is 0 Å². The van der Waals surface area contributed by atoms with Gasteiger partial charge in [0.05, 0.1) is 6.54 Å². The van der Waals surface area contributed by atoms with Crippen LogP contribution in [0.25, 0.3) is 0 Å². The van der Waals surface area contributed by atoms with Gasteiger partial charge in [-0.15, -0.1) is 35.3 Å². The topological polar surface area (TPSA) is 61.0 Å². The Morgan fingerprint density at radius 3 is 2.38 bits per heavy atom. The Morgan fingerprint density at radius 1 is 1.15 bits per heavy atom. The van der Waals surface area contributed by atoms with Crippen LogP contribution in [0.2, 0.25) is 0 Å². The van der Waals surface area contributed by atoms with E-state index in [4.69, 9.17) is 5.73 Å². The van der Waals surface area contributed by atoms with Crippen LogP contribution < -0.4 is 10.6 Å². The number of piperazine rings is 1. The summed E-state index contributed by atoms with van der Waals surface area (Å²) >= 11 is 1.68. The molecule has 142 valence electrons. The minimum atomic E-state index is 0. The molecule has 3 rings (SSSR count). The first-order chi connectivity index (χ1) is 12.1. The van der Waals surface area contributed by atoms with Gasteiger partial charge in [0.25, 0.3) is 0 Å². The van der Waals surface area contributed by atoms with E-state index in [1.54, 1.807) is 11.3 Å². The number of nitrogens with two attached hydrogens (primary N) is 1. The monoisotopic (exact) mass is 486 g/mol. The molecule has 1 aromatic heterocycles. The number of anilines is 1. The Morgan fingerprint density at radius 2 is 1.81 bits per heavy atom. The lowest BCUT2D eigenvalue weighted by atomic mass is 10.1. The van der Waals surface area contributed by atoms with Crippen LogP contribution in [0.15, 0.2) is 40.8 Å². The lowest BCUT2D eigenvalue weighted by molar-refractivity contribution is 0.380. The molecule has 0 unspecified atom stereocenters. The highest BCUT2D eigenvalue weighted by atomic mass is 127. The highest BCUT2D eigenvalue weighted by molar-refractivity contribution is 14.0. The van der Waals surface area contributed by atoms with E-state index >= 15 is 0 Å². The number of guanidine groups is 1. The predicted octanol–water partition coefficient (Wildman–Crippen LogP) is 2.46. The maximum absolute atomic E-state index is 6.19. The van der Waals surface area contributed by atoms with Gasteiger partial charge in [-0.25, -0.2) is 9.98 Å². The van der Waals surface area contributed by atoms with Crippen molar-refractivity contribution in [1.82, 2.24) is 14.8 Å². The number of aliphatic imine (C=N–C) groups is 1. The molecule has 6 nitrogen and oxygen atoms in total. The highest BCUT2D eigenvalue weighted by Crippen LogP contribution is 2.18. The first kappa shape index (κ1) is 20.9. The zero-order chi connectivity index (χ0) is 17.6. The second-order valence-corrected chi connectivity index (χ2v) is 7.39. The zero-order valence-electron chi connectivity index (χ0n) is 15.3. The van der Waals surface area contributed by atoms with Crippen LogP contribution in [-0.4, -0.2) is 61.0 Å². The second-order valence-electron chi connectivity index (χ2n) is 6.52. The molecule has 2 heterocycles. The van der Waals surface area contributed by atoms with Crippen molar-refractivity contribution in [3.05, 3.63) is 47.0 Å². The minimum Gasteiger partial charge on any atom is -0.370 e. The van der Waals surface area contributed by atoms with Crippen LogP contribution in [0, 0.1) is 0 Å². The number of thiazole rings is 1. The summed E-state index contributed by atoms with van der Waals surface area (Å²) < 4.78 is 0. The van der Waals surface area contributed by atoms with Gasteiger partial charge in [-0.3, -0.25) is 0 Å². The van der Waals surface area contributed by atoms with Gasteiger partial charge in [0.15, 0.2) is 11.1 Å². The molecule has 26 heavy (non-hydrogen) atoms. The molecule has 0 spiro atoms. The number of halogens is 1. The maximum Gasteiger partial charge on any atom is 0.191 e. The molecule has 8 heteroatoms. The highest BCUT2D eigenvalue weighted by Gasteiger charge is 2.19. The molecule has 0 radical (unpaired) electrons. The van der Waals surface area contributed by atoms with Crippen LogP contribution >= 0.6 is 35.3 Å². The average Bonchev–Trinajstić information content (AvgIpc) is 3.15. The van der Waals surface area contributed by atoms with Gasteiger partial charge in [0, 0.05) is 44.3 Å². The van der Waals surface area contributed by atoms with E-state index in [1.165, 1.54) is 11.1 Å². The van der Waals surface area contributed by atoms with E-state index in [2.05, 4.69) is 63.0 Å². The van der Waals surface area contributed by atoms with E-state index in [-0.39, 0.29) is 24.0 Å². The number of hydrogen-bond donors (Lipinski definition) is 1. The molecule has 1 saturated heterocycles. The summed E-state index contributed by atoms with van der Waals surface area (Å²) in [6.45, 7) is 5.22. The van der Waals surface area contributed by atoms with E-state index in [0.29, 0.717) is 12.5 Å². The van der Waals surface area contributed by atoms with Crippen molar-refractivity contribution >= 4 is 46.4 Å². The number of hydrogen-bond acceptors (Lipinski definition) is 5. The maximum atomic E-state index is 6.19. The summed E-state index contributed by atoms with van der Waals surface area (Å²) in [6.07, 6.45) is 1.85. The molecule has 0 amide bonds. The van der Waals surface area contributed by atoms with E-state index in [9.17, 15) is 0 Å². The fraction of sp³-hybridized carbons (Fsp3) is 0.444.